The van der Waals surface area contributed by atoms with Gasteiger partial charge < -0.3 is 5.11 Å². The summed E-state index contributed by atoms with van der Waals surface area (Å²) in [6.07, 6.45) is 0. The summed E-state index contributed by atoms with van der Waals surface area (Å²) in [7, 11) is 0. The van der Waals surface area contributed by atoms with Gasteiger partial charge in [0.15, 0.2) is 0 Å². The van der Waals surface area contributed by atoms with E-state index >= 15 is 0 Å². The van der Waals surface area contributed by atoms with Crippen LogP contribution in [-0.2, 0) is 0 Å². The Morgan fingerprint density at radius 3 is 1.46 bits per heavy atom. The van der Waals surface area contributed by atoms with E-state index in [4.69, 9.17) is 0 Å². The van der Waals surface area contributed by atoms with Crippen LogP contribution >= 0.6 is 0 Å². The van der Waals surface area contributed by atoms with Gasteiger partial charge in [0.2, 0.25) is 0 Å². The van der Waals surface area contributed by atoms with Gasteiger partial charge in [-0.1, -0.05) is 36.4 Å². The first-order valence-electron chi connectivity index (χ1n) is 8.47. The van der Waals surface area contributed by atoms with Gasteiger partial charge in [-0.05, 0) is 46.5 Å². The average Bonchev–Trinajstić information content (AvgIpc) is 2.69. The minimum absolute atomic E-state index is 0. The molecule has 0 saturated heterocycles. The van der Waals surface area contributed by atoms with Crippen LogP contribution in [0.5, 0.6) is 5.75 Å². The SMILES string of the molecule is Oc1ccc(-c2ccc(-c3ccc(-c4cc[c-]cc4)c(F)c3)cc2F)cc1.[Cm]. The predicted molar refractivity (Wildman–Crippen MR) is 103 cm³/mol. The molecule has 0 aromatic heterocycles. The second-order valence-corrected chi connectivity index (χ2v) is 6.22. The molecule has 4 rings (SSSR count). The third-order valence-electron chi connectivity index (χ3n) is 4.48. The van der Waals surface area contributed by atoms with Crippen molar-refractivity contribution >= 4 is 0 Å². The molecule has 4 aromatic carbocycles. The van der Waals surface area contributed by atoms with Gasteiger partial charge in [-0.3, -0.25) is 0 Å². The zero-order valence-corrected chi connectivity index (χ0v) is 17.6. The summed E-state index contributed by atoms with van der Waals surface area (Å²) in [5.41, 5.74) is 3.56. The minimum Gasteiger partial charge on any atom is -0.508 e. The molecule has 28 heavy (non-hydrogen) atoms. The van der Waals surface area contributed by atoms with Crippen LogP contribution in [0.15, 0.2) is 84.9 Å². The van der Waals surface area contributed by atoms with Crippen molar-refractivity contribution in [3.63, 3.8) is 0 Å². The standard InChI is InChI=1S/C24H15F2O.Cm/c25-23-14-18(8-12-21(23)16-4-2-1-3-5-16)19-9-13-22(24(26)15-19)17-6-10-20(27)11-7-17;/h2-15,27H;/q-1;. The van der Waals surface area contributed by atoms with Crippen LogP contribution in [0.2, 0.25) is 0 Å². The normalized spacial score (nSPS) is 10.4. The summed E-state index contributed by atoms with van der Waals surface area (Å²) in [6.45, 7) is 0. The molecular formula is C24H15CmF2O-. The second-order valence-electron chi connectivity index (χ2n) is 6.22. The summed E-state index contributed by atoms with van der Waals surface area (Å²) in [4.78, 5) is 0. The van der Waals surface area contributed by atoms with Crippen molar-refractivity contribution < 1.29 is 13.9 Å². The molecule has 0 bridgehead atoms. The Balaban J connectivity index is 0.00000225. The number of halogens is 2. The molecule has 0 fully saturated rings. The summed E-state index contributed by atoms with van der Waals surface area (Å²) >= 11 is 0. The maximum Gasteiger partial charge on any atom is 0.131 e. The summed E-state index contributed by atoms with van der Waals surface area (Å²) in [6, 6.07) is 26.0. The van der Waals surface area contributed by atoms with Crippen LogP contribution in [0, 0.1) is 17.7 Å². The van der Waals surface area contributed by atoms with Crippen LogP contribution in [0.1, 0.15) is 0 Å². The number of hydrogen-bond acceptors (Lipinski definition) is 1. The first-order valence-corrected chi connectivity index (χ1v) is 8.47. The molecule has 0 aliphatic heterocycles. The molecule has 0 saturated carbocycles. The topological polar surface area (TPSA) is 20.2 Å². The minimum atomic E-state index is -0.402. The van der Waals surface area contributed by atoms with E-state index in [1.807, 2.05) is 0 Å². The fourth-order valence-electron chi connectivity index (χ4n) is 3.07. The van der Waals surface area contributed by atoms with E-state index in [0.717, 1.165) is 5.56 Å². The van der Waals surface area contributed by atoms with Gasteiger partial charge in [0.05, 0.1) is 0 Å². The van der Waals surface area contributed by atoms with Crippen molar-refractivity contribution in [2.75, 3.05) is 0 Å². The molecule has 1 nitrogen and oxygen atoms in total. The maximum absolute atomic E-state index is 14.6. The molecule has 0 atom stereocenters. The molecule has 0 unspecified atom stereocenters. The number of phenols is 1. The van der Waals surface area contributed by atoms with E-state index in [1.54, 1.807) is 60.7 Å². The quantitative estimate of drug-likeness (QED) is 0.266. The molecule has 0 aliphatic rings. The van der Waals surface area contributed by atoms with E-state index < -0.39 is 5.82 Å². The van der Waals surface area contributed by atoms with Crippen molar-refractivity contribution in [1.82, 2.24) is 0 Å². The molecule has 4 aromatic rings. The van der Waals surface area contributed by atoms with Gasteiger partial charge in [-0.15, -0.1) is 5.56 Å². The molecule has 1 N–H and O–H groups in total. The van der Waals surface area contributed by atoms with E-state index in [0.29, 0.717) is 27.8 Å². The Morgan fingerprint density at radius 2 is 1.00 bits per heavy atom. The molecule has 140 valence electrons. The van der Waals surface area contributed by atoms with Crippen molar-refractivity contribution in [1.29, 1.82) is 0 Å². The number of aromatic hydroxyl groups is 1. The average molecular weight is 604 g/mol. The first-order chi connectivity index (χ1) is 13.1. The summed E-state index contributed by atoms with van der Waals surface area (Å²) < 4.78 is 29.2. The molecular weight excluding hydrogens is 589 g/mol. The van der Waals surface area contributed by atoms with Crippen molar-refractivity contribution in [2.45, 2.75) is 0 Å². The number of phenolic OH excluding ortho intramolecular Hbond substituents is 1. The van der Waals surface area contributed by atoms with Crippen molar-refractivity contribution in [3.8, 4) is 39.1 Å². The molecule has 4 heteroatoms. The Labute approximate surface area is 156 Å². The van der Waals surface area contributed by atoms with Crippen molar-refractivity contribution in [3.05, 3.63) is 103 Å². The van der Waals surface area contributed by atoms with Gasteiger partial charge >= 0.3 is 0 Å². The third-order valence-corrected chi connectivity index (χ3v) is 4.48. The third kappa shape index (κ3) is 3.42. The number of hydrogen-bond donors (Lipinski definition) is 1. The van der Waals surface area contributed by atoms with Gasteiger partial charge in [0, 0.05) is 5.56 Å². The van der Waals surface area contributed by atoms with Crippen LogP contribution in [0.4, 0.5) is 8.78 Å². The van der Waals surface area contributed by atoms with E-state index in [9.17, 15) is 13.9 Å². The monoisotopic (exact) mass is 600 g/mol. The zero-order valence-electron chi connectivity index (χ0n) is 14.6. The van der Waals surface area contributed by atoms with Gasteiger partial charge in [0.25, 0.3) is 0 Å². The van der Waals surface area contributed by atoms with Gasteiger partial charge in [-0.25, -0.2) is 8.78 Å². The van der Waals surface area contributed by atoms with Gasteiger partial charge in [0.1, 0.15) is 17.4 Å². The zero-order chi connectivity index (χ0) is 18.8. The van der Waals surface area contributed by atoms with Gasteiger partial charge in [-0.2, -0.15) is 30.3 Å². The molecule has 0 radical (unpaired) electrons. The van der Waals surface area contributed by atoms with Crippen LogP contribution in [0.25, 0.3) is 33.4 Å². The Kier molecular flexibility index (Phi) is 4.86. The van der Waals surface area contributed by atoms with Crippen LogP contribution < -0.4 is 0 Å². The largest absolute Gasteiger partial charge is 0.508 e. The van der Waals surface area contributed by atoms with Crippen molar-refractivity contribution in [2.24, 2.45) is 0 Å². The maximum atomic E-state index is 14.6. The fraction of sp³-hybridized carbons (Fsp3) is 0. The Hall–Kier alpha value is -4.46. The van der Waals surface area contributed by atoms with E-state index in [-0.39, 0.29) is 11.6 Å². The van der Waals surface area contributed by atoms with E-state index in [1.165, 1.54) is 24.3 Å². The van der Waals surface area contributed by atoms with E-state index in [2.05, 4.69) is 6.07 Å². The molecule has 0 spiro atoms. The van der Waals surface area contributed by atoms with Crippen LogP contribution in [-0.4, -0.2) is 5.11 Å². The summed E-state index contributed by atoms with van der Waals surface area (Å²) in [5.74, 6) is -0.634. The second kappa shape index (κ2) is 7.42. The number of rotatable bonds is 3. The Bertz CT molecular complexity index is 1090. The summed E-state index contributed by atoms with van der Waals surface area (Å²) in [5, 5.41) is 9.37. The first kappa shape index (κ1) is 18.3. The smallest absolute Gasteiger partial charge is 0.131 e. The fourth-order valence-corrected chi connectivity index (χ4v) is 3.07. The number of benzene rings is 4. The molecule has 0 amide bonds. The van der Waals surface area contributed by atoms with Crippen LogP contribution in [0.3, 0.4) is 0 Å². The molecule has 0 aliphatic carbocycles. The Morgan fingerprint density at radius 1 is 0.571 bits per heavy atom. The molecule has 0 heterocycles. The predicted octanol–water partition coefficient (Wildman–Crippen LogP) is 6.47.